The topological polar surface area (TPSA) is 300 Å². The van der Waals surface area contributed by atoms with Crippen LogP contribution >= 0.6 is 0 Å². The second-order valence-electron chi connectivity index (χ2n) is 15.3. The van der Waals surface area contributed by atoms with Crippen molar-refractivity contribution in [3.63, 3.8) is 0 Å². The number of alkyl carbamates (subject to hydrolysis) is 1. The lowest BCUT2D eigenvalue weighted by molar-refractivity contribution is -0.790. The average Bonchev–Trinajstić information content (AvgIpc) is 3.39. The second-order valence-corrected chi connectivity index (χ2v) is 15.3. The first-order valence-corrected chi connectivity index (χ1v) is 18.6. The summed E-state index contributed by atoms with van der Waals surface area (Å²) < 4.78 is 37.7. The predicted molar refractivity (Wildman–Crippen MR) is 197 cm³/mol. The highest BCUT2D eigenvalue weighted by atomic mass is 19.1. The first-order valence-electron chi connectivity index (χ1n) is 18.6. The zero-order valence-corrected chi connectivity index (χ0v) is 32.6. The molecule has 4 N–H and O–H groups in total. The lowest BCUT2D eigenvalue weighted by atomic mass is 9.45. The molecule has 22 heteroatoms. The van der Waals surface area contributed by atoms with Gasteiger partial charge in [-0.3, -0.25) is 9.59 Å². The number of nitrogens with one attached hydrogen (secondary N) is 1. The van der Waals surface area contributed by atoms with Crippen LogP contribution in [0, 0.1) is 42.9 Å². The van der Waals surface area contributed by atoms with Crippen LogP contribution in [0.1, 0.15) is 51.5 Å². The smallest absolute Gasteiger partial charge is 0.408 e. The molecule has 0 aromatic heterocycles. The third-order valence-corrected chi connectivity index (χ3v) is 12.1. The first-order chi connectivity index (χ1) is 28.2. The third kappa shape index (κ3) is 8.66. The lowest BCUT2D eigenvalue weighted by Gasteiger charge is -2.61. The van der Waals surface area contributed by atoms with E-state index in [2.05, 4.69) is 15.0 Å². The number of allylic oxidation sites excluding steroid dienone is 4. The fourth-order valence-corrected chi connectivity index (χ4v) is 9.04. The number of esters is 2. The van der Waals surface area contributed by atoms with Gasteiger partial charge in [0.15, 0.2) is 35.2 Å². The molecule has 326 valence electrons. The second kappa shape index (κ2) is 17.7. The molecule has 2 fully saturated rings. The van der Waals surface area contributed by atoms with Crippen molar-refractivity contribution in [2.24, 2.45) is 22.7 Å². The summed E-state index contributed by atoms with van der Waals surface area (Å²) in [5.41, 5.74) is -6.78. The minimum Gasteiger partial charge on any atom is -0.493 e. The Morgan fingerprint density at radius 1 is 1.07 bits per heavy atom. The summed E-state index contributed by atoms with van der Waals surface area (Å²) in [5.74, 6) is -4.98. The number of alkyl halides is 1. The van der Waals surface area contributed by atoms with Crippen LogP contribution in [-0.4, -0.2) is 118 Å². The van der Waals surface area contributed by atoms with Gasteiger partial charge in [-0.25, -0.2) is 18.8 Å². The van der Waals surface area contributed by atoms with Gasteiger partial charge >= 0.3 is 18.0 Å². The summed E-state index contributed by atoms with van der Waals surface area (Å²) in [6.07, 6.45) is -0.0251. The number of halogens is 1. The lowest BCUT2D eigenvalue weighted by Crippen LogP contribution is -2.69. The number of benzene rings is 1. The maximum absolute atomic E-state index is 17.3. The molecule has 60 heavy (non-hydrogen) atoms. The van der Waals surface area contributed by atoms with E-state index in [-0.39, 0.29) is 43.0 Å². The predicted octanol–water partition coefficient (Wildman–Crippen LogP) is 1.70. The van der Waals surface area contributed by atoms with E-state index >= 15 is 4.39 Å². The standard InChI is InChI=1S/C38H44FN3O18/c1-35-12-10-23(43)15-22(35)6-7-25-26-16-29(44)38(50,36(26,2)17-30(45)37(25,35)39)31(46)20-57-34(49)40-18-33(48)59-27-8-4-21(14-28(27)55-3)5-9-32(47)56-13-11-24(60-42(53)54)19-58-41(51)52/h4-6,8-10,12,14,24-26,29-30,44-45,50H,7,11,13,15-20H2,1-3H3,(H,40,49)/t24?,25-,26-,29+,30-,35-,36-,37-,38-/m0/s1. The number of fused-ring (bicyclic) bond motifs is 5. The Bertz CT molecular complexity index is 2010. The summed E-state index contributed by atoms with van der Waals surface area (Å²) in [5, 5.41) is 55.1. The highest BCUT2D eigenvalue weighted by Crippen LogP contribution is 2.69. The molecule has 0 aliphatic heterocycles. The molecule has 21 nitrogen and oxygen atoms in total. The van der Waals surface area contributed by atoms with E-state index in [4.69, 9.17) is 18.9 Å². The SMILES string of the molecule is COc1cc(C=CC(=O)OCCC(CO[N+](=O)[O-])O[N+](=O)[O-])ccc1OC(=O)CNC(=O)OCC(=O)[C@@]1(O)[C@H](O)C[C@H]2[C@@H]3CC=C4CC(=O)C=C[C@]4(C)[C@@]3(F)[C@@H](O)C[C@@]21C. The quantitative estimate of drug-likeness (QED) is 0.0433. The van der Waals surface area contributed by atoms with Gasteiger partial charge < -0.3 is 49.3 Å². The van der Waals surface area contributed by atoms with E-state index in [1.54, 1.807) is 13.0 Å². The number of ketones is 2. The molecule has 1 amide bonds. The van der Waals surface area contributed by atoms with E-state index in [1.807, 2.05) is 0 Å². The largest absolute Gasteiger partial charge is 0.493 e. The van der Waals surface area contributed by atoms with Gasteiger partial charge in [-0.1, -0.05) is 30.7 Å². The molecule has 4 aliphatic rings. The molecule has 9 atom stereocenters. The monoisotopic (exact) mass is 849 g/mol. The van der Waals surface area contributed by atoms with Crippen molar-refractivity contribution in [2.45, 2.75) is 75.5 Å². The number of aliphatic hydroxyl groups excluding tert-OH is 2. The summed E-state index contributed by atoms with van der Waals surface area (Å²) in [7, 11) is 1.26. The number of hydrogen-bond donors (Lipinski definition) is 4. The van der Waals surface area contributed by atoms with Crippen LogP contribution in [-0.2, 0) is 38.3 Å². The fraction of sp³-hybridized carbons (Fsp3) is 0.553. The van der Waals surface area contributed by atoms with Crippen LogP contribution in [0.2, 0.25) is 0 Å². The van der Waals surface area contributed by atoms with Crippen molar-refractivity contribution in [2.75, 3.05) is 33.5 Å². The van der Waals surface area contributed by atoms with E-state index in [0.29, 0.717) is 11.1 Å². The van der Waals surface area contributed by atoms with Crippen molar-refractivity contribution in [1.82, 2.24) is 5.32 Å². The molecular formula is C38H44FN3O18. The van der Waals surface area contributed by atoms with Gasteiger partial charge in [0, 0.05) is 35.7 Å². The molecule has 1 aromatic rings. The number of ether oxygens (including phenoxy) is 4. The third-order valence-electron chi connectivity index (χ3n) is 12.1. The first kappa shape index (κ1) is 45.1. The summed E-state index contributed by atoms with van der Waals surface area (Å²) in [4.78, 5) is 92.1. The zero-order chi connectivity index (χ0) is 44.2. The zero-order valence-electron chi connectivity index (χ0n) is 32.6. The Morgan fingerprint density at radius 2 is 1.80 bits per heavy atom. The Morgan fingerprint density at radius 3 is 2.48 bits per heavy atom. The van der Waals surface area contributed by atoms with Crippen LogP contribution in [0.15, 0.2) is 48.1 Å². The van der Waals surface area contributed by atoms with Crippen LogP contribution in [0.4, 0.5) is 9.18 Å². The molecule has 1 aromatic carbocycles. The molecular weight excluding hydrogens is 805 g/mol. The van der Waals surface area contributed by atoms with Gasteiger partial charge in [0.1, 0.15) is 19.3 Å². The average molecular weight is 850 g/mol. The number of carbonyl (C=O) groups excluding carboxylic acids is 5. The minimum absolute atomic E-state index is 0.000123. The van der Waals surface area contributed by atoms with Crippen LogP contribution in [0.3, 0.4) is 0 Å². The highest BCUT2D eigenvalue weighted by molar-refractivity contribution is 5.94. The minimum atomic E-state index is -2.54. The van der Waals surface area contributed by atoms with Gasteiger partial charge in [0.05, 0.1) is 25.9 Å². The van der Waals surface area contributed by atoms with Crippen molar-refractivity contribution < 1.29 is 82.5 Å². The van der Waals surface area contributed by atoms with Crippen molar-refractivity contribution in [3.8, 4) is 11.5 Å². The van der Waals surface area contributed by atoms with Gasteiger partial charge in [-0.15, -0.1) is 20.2 Å². The highest BCUT2D eigenvalue weighted by Gasteiger charge is 2.76. The molecule has 2 saturated carbocycles. The molecule has 0 spiro atoms. The summed E-state index contributed by atoms with van der Waals surface area (Å²) in [6.45, 7) is 0.118. The number of methoxy groups -OCH3 is 1. The van der Waals surface area contributed by atoms with E-state index in [1.165, 1.54) is 50.5 Å². The number of carbonyl (C=O) groups is 5. The Balaban J connectivity index is 1.11. The molecule has 5 rings (SSSR count). The molecule has 0 bridgehead atoms. The van der Waals surface area contributed by atoms with E-state index in [9.17, 15) is 59.5 Å². The van der Waals surface area contributed by atoms with Gasteiger partial charge in [0.25, 0.3) is 10.2 Å². The Labute approximate surface area is 340 Å². The number of hydrogen-bond acceptors (Lipinski definition) is 18. The van der Waals surface area contributed by atoms with Crippen molar-refractivity contribution >= 4 is 35.7 Å². The Kier molecular flexibility index (Phi) is 13.3. The summed E-state index contributed by atoms with van der Waals surface area (Å²) in [6, 6.07) is 4.10. The molecule has 0 radical (unpaired) electrons. The maximum atomic E-state index is 17.3. The van der Waals surface area contributed by atoms with Crippen molar-refractivity contribution in [1.29, 1.82) is 0 Å². The van der Waals surface area contributed by atoms with Gasteiger partial charge in [-0.2, -0.15) is 0 Å². The number of rotatable bonds is 17. The molecule has 4 aliphatic carbocycles. The number of Topliss-reactive ketones (excluding diaryl/α,β-unsaturated/α-hetero) is 1. The molecule has 1 unspecified atom stereocenters. The van der Waals surface area contributed by atoms with Crippen LogP contribution < -0.4 is 14.8 Å². The van der Waals surface area contributed by atoms with Crippen molar-refractivity contribution in [3.05, 3.63) is 73.9 Å². The van der Waals surface area contributed by atoms with E-state index < -0.39 is 119 Å². The maximum Gasteiger partial charge on any atom is 0.408 e. The Hall–Kier alpha value is -6.00. The number of amides is 1. The number of nitrogens with zero attached hydrogens (tertiary/aromatic N) is 2. The van der Waals surface area contributed by atoms with Crippen LogP contribution in [0.25, 0.3) is 6.08 Å². The molecule has 0 heterocycles. The van der Waals surface area contributed by atoms with Gasteiger partial charge in [0.2, 0.25) is 5.78 Å². The van der Waals surface area contributed by atoms with Crippen LogP contribution in [0.5, 0.6) is 11.5 Å². The van der Waals surface area contributed by atoms with Gasteiger partial charge in [-0.05, 0) is 62.0 Å². The summed E-state index contributed by atoms with van der Waals surface area (Å²) >= 11 is 0. The molecule has 0 saturated heterocycles. The van der Waals surface area contributed by atoms with E-state index in [0.717, 1.165) is 6.08 Å². The number of aliphatic hydroxyl groups is 3. The fourth-order valence-electron chi connectivity index (χ4n) is 9.04. The normalized spacial score (nSPS) is 30.7.